The Morgan fingerprint density at radius 2 is 1.90 bits per heavy atom. The van der Waals surface area contributed by atoms with Crippen LogP contribution in [0.25, 0.3) is 0 Å². The average molecular weight is 280 g/mol. The molecule has 1 heterocycles. The molecule has 1 aromatic heterocycles. The Hall–Kier alpha value is -2.11. The van der Waals surface area contributed by atoms with E-state index in [4.69, 9.17) is 4.74 Å². The van der Waals surface area contributed by atoms with Gasteiger partial charge in [0.15, 0.2) is 6.10 Å². The number of H-pyrrole nitrogens is 1. The molecule has 6 heteroatoms. The van der Waals surface area contributed by atoms with Crippen molar-refractivity contribution in [1.29, 1.82) is 0 Å². The van der Waals surface area contributed by atoms with E-state index >= 15 is 0 Å². The first-order valence-electron chi connectivity index (χ1n) is 6.33. The van der Waals surface area contributed by atoms with Gasteiger partial charge in [-0.25, -0.2) is 4.79 Å². The molecule has 0 aliphatic carbocycles. The number of ether oxygens (including phenoxy) is 1. The van der Waals surface area contributed by atoms with Gasteiger partial charge in [-0.05, 0) is 46.8 Å². The highest BCUT2D eigenvalue weighted by atomic mass is 16.5. The maximum absolute atomic E-state index is 11.8. The highest BCUT2D eigenvalue weighted by Gasteiger charge is 2.23. The van der Waals surface area contributed by atoms with Crippen LogP contribution >= 0.6 is 0 Å². The number of pyridine rings is 1. The topological polar surface area (TPSA) is 88.3 Å². The quantitative estimate of drug-likeness (QED) is 0.813. The number of rotatable bonds is 3. The molecular formula is C14H20N2O4. The number of aromatic nitrogens is 1. The summed E-state index contributed by atoms with van der Waals surface area (Å²) in [6.45, 7) is 8.63. The third-order valence-electron chi connectivity index (χ3n) is 2.43. The van der Waals surface area contributed by atoms with Crippen LogP contribution in [0.15, 0.2) is 16.9 Å². The summed E-state index contributed by atoms with van der Waals surface area (Å²) in [7, 11) is 0. The minimum Gasteiger partial charge on any atom is -0.449 e. The fraction of sp³-hybridized carbons (Fsp3) is 0.500. The molecule has 0 spiro atoms. The summed E-state index contributed by atoms with van der Waals surface area (Å²) in [5.74, 6) is -1.22. The fourth-order valence-electron chi connectivity index (χ4n) is 1.48. The van der Waals surface area contributed by atoms with Gasteiger partial charge in [0.2, 0.25) is 0 Å². The molecule has 1 aromatic rings. The molecule has 6 nitrogen and oxygen atoms in total. The van der Waals surface area contributed by atoms with Crippen LogP contribution in [0.3, 0.4) is 0 Å². The summed E-state index contributed by atoms with van der Waals surface area (Å²) >= 11 is 0. The second-order valence-corrected chi connectivity index (χ2v) is 5.67. The van der Waals surface area contributed by atoms with Gasteiger partial charge in [0.1, 0.15) is 5.56 Å². The molecule has 1 rings (SSSR count). The molecule has 0 radical (unpaired) electrons. The average Bonchev–Trinajstić information content (AvgIpc) is 2.26. The van der Waals surface area contributed by atoms with Gasteiger partial charge in [-0.2, -0.15) is 0 Å². The van der Waals surface area contributed by atoms with Gasteiger partial charge in [0.25, 0.3) is 11.5 Å². The van der Waals surface area contributed by atoms with Gasteiger partial charge in [-0.3, -0.25) is 9.59 Å². The van der Waals surface area contributed by atoms with Crippen molar-refractivity contribution in [3.63, 3.8) is 0 Å². The van der Waals surface area contributed by atoms with Crippen molar-refractivity contribution in [2.24, 2.45) is 0 Å². The fourth-order valence-corrected chi connectivity index (χ4v) is 1.48. The van der Waals surface area contributed by atoms with Crippen molar-refractivity contribution >= 4 is 11.9 Å². The number of aryl methyl sites for hydroxylation is 1. The van der Waals surface area contributed by atoms with Crippen molar-refractivity contribution in [2.45, 2.75) is 46.3 Å². The molecule has 1 atom stereocenters. The molecule has 110 valence electrons. The van der Waals surface area contributed by atoms with Crippen LogP contribution < -0.4 is 10.9 Å². The zero-order valence-corrected chi connectivity index (χ0v) is 12.4. The highest BCUT2D eigenvalue weighted by Crippen LogP contribution is 2.04. The Balaban J connectivity index is 2.75. The van der Waals surface area contributed by atoms with Crippen LogP contribution in [-0.4, -0.2) is 28.5 Å². The Morgan fingerprint density at radius 3 is 2.40 bits per heavy atom. The summed E-state index contributed by atoms with van der Waals surface area (Å²) < 4.78 is 4.99. The molecular weight excluding hydrogens is 260 g/mol. The van der Waals surface area contributed by atoms with Crippen LogP contribution in [0.5, 0.6) is 0 Å². The molecule has 0 aromatic carbocycles. The number of carbonyl (C=O) groups excluding carboxylic acids is 2. The first-order valence-corrected chi connectivity index (χ1v) is 6.33. The maximum Gasteiger partial charge on any atom is 0.344 e. The van der Waals surface area contributed by atoms with Gasteiger partial charge in [0.05, 0.1) is 0 Å². The monoisotopic (exact) mass is 280 g/mol. The van der Waals surface area contributed by atoms with E-state index in [1.807, 2.05) is 20.8 Å². The third kappa shape index (κ3) is 4.53. The van der Waals surface area contributed by atoms with Crippen molar-refractivity contribution in [3.8, 4) is 0 Å². The predicted octanol–water partition coefficient (Wildman–Crippen LogP) is 1.14. The molecule has 0 saturated heterocycles. The van der Waals surface area contributed by atoms with Crippen LogP contribution in [0.1, 0.15) is 43.7 Å². The largest absolute Gasteiger partial charge is 0.449 e. The number of carbonyl (C=O) groups is 2. The van der Waals surface area contributed by atoms with Crippen LogP contribution in [0.4, 0.5) is 0 Å². The second kappa shape index (κ2) is 5.90. The van der Waals surface area contributed by atoms with Crippen molar-refractivity contribution in [1.82, 2.24) is 10.3 Å². The number of hydrogen-bond donors (Lipinski definition) is 2. The van der Waals surface area contributed by atoms with Crippen LogP contribution in [0.2, 0.25) is 0 Å². The van der Waals surface area contributed by atoms with E-state index in [1.165, 1.54) is 13.0 Å². The van der Waals surface area contributed by atoms with Gasteiger partial charge in [-0.1, -0.05) is 0 Å². The third-order valence-corrected chi connectivity index (χ3v) is 2.43. The van der Waals surface area contributed by atoms with E-state index in [0.717, 1.165) is 0 Å². The first-order chi connectivity index (χ1) is 9.10. The highest BCUT2D eigenvalue weighted by molar-refractivity contribution is 5.91. The van der Waals surface area contributed by atoms with Crippen molar-refractivity contribution in [3.05, 3.63) is 33.7 Å². The minimum absolute atomic E-state index is 0.119. The maximum atomic E-state index is 11.8. The standard InChI is InChI=1S/C14H20N2O4/c1-8-6-7-10(12(18)15-8)13(19)20-9(2)11(17)16-14(3,4)5/h6-7,9H,1-5H3,(H,15,18)(H,16,17)/t9-/m0/s1. The predicted molar refractivity (Wildman–Crippen MR) is 74.6 cm³/mol. The molecule has 0 fully saturated rings. The summed E-state index contributed by atoms with van der Waals surface area (Å²) in [4.78, 5) is 37.7. The van der Waals surface area contributed by atoms with E-state index in [1.54, 1.807) is 13.0 Å². The SMILES string of the molecule is Cc1ccc(C(=O)O[C@@H](C)C(=O)NC(C)(C)C)c(=O)[nH]1. The molecule has 0 bridgehead atoms. The lowest BCUT2D eigenvalue weighted by molar-refractivity contribution is -0.130. The second-order valence-electron chi connectivity index (χ2n) is 5.67. The molecule has 0 aliphatic rings. The lowest BCUT2D eigenvalue weighted by Gasteiger charge is -2.23. The lowest BCUT2D eigenvalue weighted by Crippen LogP contribution is -2.46. The molecule has 0 unspecified atom stereocenters. The van der Waals surface area contributed by atoms with Gasteiger partial charge >= 0.3 is 5.97 Å². The van der Waals surface area contributed by atoms with Gasteiger partial charge < -0.3 is 15.0 Å². The summed E-state index contributed by atoms with van der Waals surface area (Å²) in [5.41, 5.74) is -0.423. The number of hydrogen-bond acceptors (Lipinski definition) is 4. The Kier molecular flexibility index (Phi) is 4.70. The molecule has 1 amide bonds. The van der Waals surface area contributed by atoms with E-state index in [2.05, 4.69) is 10.3 Å². The molecule has 0 saturated carbocycles. The Morgan fingerprint density at radius 1 is 1.30 bits per heavy atom. The number of nitrogens with one attached hydrogen (secondary N) is 2. The van der Waals surface area contributed by atoms with Crippen molar-refractivity contribution < 1.29 is 14.3 Å². The van der Waals surface area contributed by atoms with E-state index in [9.17, 15) is 14.4 Å². The summed E-state index contributed by atoms with van der Waals surface area (Å²) in [5, 5.41) is 2.70. The van der Waals surface area contributed by atoms with Crippen molar-refractivity contribution in [2.75, 3.05) is 0 Å². The number of amides is 1. The lowest BCUT2D eigenvalue weighted by atomic mass is 10.1. The van der Waals surface area contributed by atoms with E-state index < -0.39 is 29.1 Å². The minimum atomic E-state index is -0.970. The van der Waals surface area contributed by atoms with E-state index in [0.29, 0.717) is 5.69 Å². The Labute approximate surface area is 117 Å². The molecule has 20 heavy (non-hydrogen) atoms. The number of aromatic amines is 1. The number of esters is 1. The van der Waals surface area contributed by atoms with E-state index in [-0.39, 0.29) is 5.56 Å². The molecule has 2 N–H and O–H groups in total. The Bertz CT molecular complexity index is 569. The van der Waals surface area contributed by atoms with Gasteiger partial charge in [0, 0.05) is 11.2 Å². The van der Waals surface area contributed by atoms with Crippen LogP contribution in [-0.2, 0) is 9.53 Å². The van der Waals surface area contributed by atoms with Crippen LogP contribution in [0, 0.1) is 6.92 Å². The van der Waals surface area contributed by atoms with Gasteiger partial charge in [-0.15, -0.1) is 0 Å². The first kappa shape index (κ1) is 15.9. The smallest absolute Gasteiger partial charge is 0.344 e. The zero-order valence-electron chi connectivity index (χ0n) is 12.4. The normalized spacial score (nSPS) is 12.7. The zero-order chi connectivity index (χ0) is 15.5. The molecule has 0 aliphatic heterocycles. The summed E-state index contributed by atoms with van der Waals surface area (Å²) in [6.07, 6.45) is -0.970. The summed E-state index contributed by atoms with van der Waals surface area (Å²) in [6, 6.07) is 2.97.